The zero-order valence-electron chi connectivity index (χ0n) is 11.2. The summed E-state index contributed by atoms with van der Waals surface area (Å²) in [5, 5.41) is 5.96. The zero-order chi connectivity index (χ0) is 15.4. The molecule has 6 heteroatoms. The maximum Gasteiger partial charge on any atom is 0.243 e. The third-order valence-electron chi connectivity index (χ3n) is 2.86. The number of carbonyl (C=O) groups is 1. The van der Waals surface area contributed by atoms with Gasteiger partial charge in [0.05, 0.1) is 17.3 Å². The molecule has 0 saturated heterocycles. The van der Waals surface area contributed by atoms with Crippen LogP contribution in [0, 0.1) is 12.7 Å². The second kappa shape index (κ2) is 6.78. The van der Waals surface area contributed by atoms with Gasteiger partial charge in [0.1, 0.15) is 0 Å². The molecule has 0 aliphatic rings. The summed E-state index contributed by atoms with van der Waals surface area (Å²) in [6.45, 7) is 1.78. The van der Waals surface area contributed by atoms with E-state index in [1.54, 1.807) is 18.2 Å². The van der Waals surface area contributed by atoms with Gasteiger partial charge in [-0.15, -0.1) is 0 Å². The Morgan fingerprint density at radius 1 is 1.19 bits per heavy atom. The molecule has 2 aromatic rings. The fraction of sp³-hybridized carbons (Fsp3) is 0.133. The molecule has 0 saturated carbocycles. The van der Waals surface area contributed by atoms with Gasteiger partial charge in [-0.2, -0.15) is 0 Å². The summed E-state index contributed by atoms with van der Waals surface area (Å²) in [5.74, 6) is -0.884. The van der Waals surface area contributed by atoms with E-state index in [0.717, 1.165) is 5.56 Å². The van der Waals surface area contributed by atoms with Crippen LogP contribution in [0.1, 0.15) is 5.56 Å². The van der Waals surface area contributed by atoms with Crippen molar-refractivity contribution in [1.29, 1.82) is 0 Å². The first kappa shape index (κ1) is 15.6. The van der Waals surface area contributed by atoms with Crippen molar-refractivity contribution < 1.29 is 9.18 Å². The first-order valence-electron chi connectivity index (χ1n) is 6.21. The molecular weight excluding hydrogens is 314 g/mol. The predicted octanol–water partition coefficient (Wildman–Crippen LogP) is 4.49. The highest BCUT2D eigenvalue weighted by Gasteiger charge is 2.09. The Bertz CT molecular complexity index is 677. The van der Waals surface area contributed by atoms with Crippen LogP contribution >= 0.6 is 23.2 Å². The summed E-state index contributed by atoms with van der Waals surface area (Å²) in [6.07, 6.45) is 0. The Morgan fingerprint density at radius 3 is 2.71 bits per heavy atom. The second-order valence-corrected chi connectivity index (χ2v) is 5.31. The summed E-state index contributed by atoms with van der Waals surface area (Å²) in [5.41, 5.74) is 1.70. The van der Waals surface area contributed by atoms with E-state index in [9.17, 15) is 9.18 Å². The van der Waals surface area contributed by atoms with Gasteiger partial charge < -0.3 is 10.6 Å². The minimum Gasteiger partial charge on any atom is -0.374 e. The number of carbonyl (C=O) groups excluding carboxylic acids is 1. The number of benzene rings is 2. The van der Waals surface area contributed by atoms with Gasteiger partial charge in [0.2, 0.25) is 5.91 Å². The number of rotatable bonds is 4. The normalized spacial score (nSPS) is 10.3. The first-order chi connectivity index (χ1) is 9.97. The van der Waals surface area contributed by atoms with Gasteiger partial charge in [-0.3, -0.25) is 4.79 Å². The summed E-state index contributed by atoms with van der Waals surface area (Å²) < 4.78 is 13.7. The Kier molecular flexibility index (Phi) is 5.04. The van der Waals surface area contributed by atoms with Crippen molar-refractivity contribution in [3.8, 4) is 0 Å². The molecule has 0 spiro atoms. The topological polar surface area (TPSA) is 41.1 Å². The predicted molar refractivity (Wildman–Crippen MR) is 84.7 cm³/mol. The molecular formula is C15H13Cl2FN2O. The standard InChI is InChI=1S/C15H13Cl2FN2O/c1-9-5-6-10(16)7-13(9)20-14(21)8-19-12-4-2-3-11(17)15(12)18/h2-7,19H,8H2,1H3,(H,20,21). The van der Waals surface area contributed by atoms with Crippen LogP contribution in [0.3, 0.4) is 0 Å². The molecule has 3 nitrogen and oxygen atoms in total. The lowest BCUT2D eigenvalue weighted by Gasteiger charge is -2.11. The minimum absolute atomic E-state index is 0.00564. The van der Waals surface area contributed by atoms with Crippen molar-refractivity contribution in [3.63, 3.8) is 0 Å². The Balaban J connectivity index is 1.99. The molecule has 21 heavy (non-hydrogen) atoms. The first-order valence-corrected chi connectivity index (χ1v) is 6.97. The van der Waals surface area contributed by atoms with Gasteiger partial charge in [-0.1, -0.05) is 35.3 Å². The molecule has 110 valence electrons. The molecule has 0 bridgehead atoms. The van der Waals surface area contributed by atoms with Gasteiger partial charge in [0.15, 0.2) is 5.82 Å². The van der Waals surface area contributed by atoms with E-state index < -0.39 is 5.82 Å². The van der Waals surface area contributed by atoms with Gasteiger partial charge in [-0.05, 0) is 36.8 Å². The van der Waals surface area contributed by atoms with E-state index in [-0.39, 0.29) is 23.2 Å². The molecule has 0 radical (unpaired) electrons. The van der Waals surface area contributed by atoms with Gasteiger partial charge in [0.25, 0.3) is 0 Å². The Hall–Kier alpha value is -1.78. The average Bonchev–Trinajstić information content (AvgIpc) is 2.44. The van der Waals surface area contributed by atoms with E-state index in [1.165, 1.54) is 12.1 Å². The van der Waals surface area contributed by atoms with Crippen LogP contribution in [0.25, 0.3) is 0 Å². The van der Waals surface area contributed by atoms with Gasteiger partial charge in [-0.25, -0.2) is 4.39 Å². The van der Waals surface area contributed by atoms with Crippen LogP contribution in [0.4, 0.5) is 15.8 Å². The molecule has 0 fully saturated rings. The lowest BCUT2D eigenvalue weighted by atomic mass is 10.2. The van der Waals surface area contributed by atoms with E-state index >= 15 is 0 Å². The molecule has 0 atom stereocenters. The SMILES string of the molecule is Cc1ccc(Cl)cc1NC(=O)CNc1cccc(Cl)c1F. The van der Waals surface area contributed by atoms with Crippen molar-refractivity contribution in [2.24, 2.45) is 0 Å². The number of hydrogen-bond donors (Lipinski definition) is 2. The van der Waals surface area contributed by atoms with E-state index in [2.05, 4.69) is 10.6 Å². The smallest absolute Gasteiger partial charge is 0.243 e. The second-order valence-electron chi connectivity index (χ2n) is 4.46. The van der Waals surface area contributed by atoms with E-state index in [0.29, 0.717) is 10.7 Å². The van der Waals surface area contributed by atoms with Gasteiger partial charge in [0, 0.05) is 10.7 Å². The fourth-order valence-electron chi connectivity index (χ4n) is 1.74. The molecule has 1 amide bonds. The van der Waals surface area contributed by atoms with Crippen molar-refractivity contribution in [1.82, 2.24) is 0 Å². The molecule has 0 aliphatic carbocycles. The highest BCUT2D eigenvalue weighted by Crippen LogP contribution is 2.22. The maximum atomic E-state index is 13.7. The lowest BCUT2D eigenvalue weighted by Crippen LogP contribution is -2.22. The quantitative estimate of drug-likeness (QED) is 0.869. The number of amides is 1. The summed E-state index contributed by atoms with van der Waals surface area (Å²) >= 11 is 11.5. The van der Waals surface area contributed by atoms with Crippen LogP contribution in [0.5, 0.6) is 0 Å². The van der Waals surface area contributed by atoms with Gasteiger partial charge >= 0.3 is 0 Å². The lowest BCUT2D eigenvalue weighted by molar-refractivity contribution is -0.114. The highest BCUT2D eigenvalue weighted by atomic mass is 35.5. The molecule has 2 N–H and O–H groups in total. The minimum atomic E-state index is -0.578. The monoisotopic (exact) mass is 326 g/mol. The molecule has 0 aromatic heterocycles. The molecule has 2 aromatic carbocycles. The maximum absolute atomic E-state index is 13.7. The Morgan fingerprint density at radius 2 is 1.95 bits per heavy atom. The van der Waals surface area contributed by atoms with Crippen molar-refractivity contribution in [3.05, 3.63) is 57.8 Å². The van der Waals surface area contributed by atoms with Crippen molar-refractivity contribution >= 4 is 40.5 Å². The average molecular weight is 327 g/mol. The fourth-order valence-corrected chi connectivity index (χ4v) is 2.09. The number of aryl methyl sites for hydroxylation is 1. The molecule has 0 aliphatic heterocycles. The van der Waals surface area contributed by atoms with Crippen molar-refractivity contribution in [2.45, 2.75) is 6.92 Å². The Labute approximate surface area is 132 Å². The highest BCUT2D eigenvalue weighted by molar-refractivity contribution is 6.31. The zero-order valence-corrected chi connectivity index (χ0v) is 12.7. The summed E-state index contributed by atoms with van der Waals surface area (Å²) in [4.78, 5) is 11.9. The van der Waals surface area contributed by atoms with Crippen molar-refractivity contribution in [2.75, 3.05) is 17.2 Å². The largest absolute Gasteiger partial charge is 0.374 e. The third-order valence-corrected chi connectivity index (χ3v) is 3.39. The van der Waals surface area contributed by atoms with Crippen LogP contribution in [0.15, 0.2) is 36.4 Å². The molecule has 0 unspecified atom stereocenters. The number of nitrogens with one attached hydrogen (secondary N) is 2. The molecule has 0 heterocycles. The van der Waals surface area contributed by atoms with Crippen LogP contribution in [-0.2, 0) is 4.79 Å². The third kappa shape index (κ3) is 4.09. The van der Waals surface area contributed by atoms with Crippen LogP contribution in [-0.4, -0.2) is 12.5 Å². The summed E-state index contributed by atoms with van der Waals surface area (Å²) in [6, 6.07) is 9.77. The van der Waals surface area contributed by atoms with Crippen LogP contribution < -0.4 is 10.6 Å². The summed E-state index contributed by atoms with van der Waals surface area (Å²) in [7, 11) is 0. The van der Waals surface area contributed by atoms with Crippen LogP contribution in [0.2, 0.25) is 10.0 Å². The number of hydrogen-bond acceptors (Lipinski definition) is 2. The number of anilines is 2. The van der Waals surface area contributed by atoms with E-state index in [1.807, 2.05) is 13.0 Å². The van der Waals surface area contributed by atoms with E-state index in [4.69, 9.17) is 23.2 Å². The molecule has 2 rings (SSSR count). The number of halogens is 3.